The molecular formula is C66H40N6. The van der Waals surface area contributed by atoms with Crippen molar-refractivity contribution in [1.29, 1.82) is 0 Å². The van der Waals surface area contributed by atoms with Gasteiger partial charge in [-0.1, -0.05) is 176 Å². The SMILES string of the molecule is [C-]#[N+]c1cccc(-c2ccc3c(c2)c2cc(-c4cccc([N+]#[C-])c4)ccc2n3-c2cc(-c3cc(-c4ccccc4)nc(-c4ccccc4)n3)ccc2-c2ccccc2-n2c3ccccc3c3ccccc32)c1. The van der Waals surface area contributed by atoms with Crippen LogP contribution >= 0.6 is 0 Å². The van der Waals surface area contributed by atoms with E-state index in [4.69, 9.17) is 23.1 Å². The Morgan fingerprint density at radius 3 is 1.33 bits per heavy atom. The third-order valence-corrected chi connectivity index (χ3v) is 13.8. The Morgan fingerprint density at radius 1 is 0.292 bits per heavy atom. The second-order valence-electron chi connectivity index (χ2n) is 17.9. The molecule has 3 aromatic heterocycles. The van der Waals surface area contributed by atoms with Gasteiger partial charge in [-0.2, -0.15) is 0 Å². The maximum Gasteiger partial charge on any atom is 0.187 e. The molecule has 0 aliphatic rings. The molecule has 13 rings (SSSR count). The molecule has 13 aromatic rings. The Kier molecular flexibility index (Phi) is 10.2. The summed E-state index contributed by atoms with van der Waals surface area (Å²) in [5, 5.41) is 4.52. The van der Waals surface area contributed by atoms with E-state index in [1.165, 1.54) is 10.8 Å². The topological polar surface area (TPSA) is 44.4 Å². The maximum atomic E-state index is 7.79. The van der Waals surface area contributed by atoms with E-state index in [0.29, 0.717) is 17.2 Å². The van der Waals surface area contributed by atoms with Gasteiger partial charge >= 0.3 is 0 Å². The first kappa shape index (κ1) is 42.0. The molecule has 3 heterocycles. The molecule has 0 aliphatic carbocycles. The first-order valence-electron chi connectivity index (χ1n) is 23.9. The van der Waals surface area contributed by atoms with Gasteiger partial charge in [0, 0.05) is 49.4 Å². The van der Waals surface area contributed by atoms with Crippen LogP contribution in [0.4, 0.5) is 11.4 Å². The number of aromatic nitrogens is 4. The predicted octanol–water partition coefficient (Wildman–Crippen LogP) is 17.8. The van der Waals surface area contributed by atoms with Crippen molar-refractivity contribution in [1.82, 2.24) is 19.1 Å². The highest BCUT2D eigenvalue weighted by atomic mass is 15.0. The Labute approximate surface area is 416 Å². The Morgan fingerprint density at radius 2 is 0.736 bits per heavy atom. The van der Waals surface area contributed by atoms with Crippen molar-refractivity contribution < 1.29 is 0 Å². The highest BCUT2D eigenvalue weighted by Crippen LogP contribution is 2.44. The van der Waals surface area contributed by atoms with E-state index in [1.807, 2.05) is 72.8 Å². The van der Waals surface area contributed by atoms with Gasteiger partial charge in [-0.25, -0.2) is 19.7 Å². The molecule has 6 heteroatoms. The molecule has 0 amide bonds. The Bertz CT molecular complexity index is 4130. The van der Waals surface area contributed by atoms with Crippen LogP contribution in [0.3, 0.4) is 0 Å². The van der Waals surface area contributed by atoms with E-state index in [9.17, 15) is 0 Å². The van der Waals surface area contributed by atoms with Gasteiger partial charge in [0.15, 0.2) is 17.2 Å². The molecule has 10 aromatic carbocycles. The fourth-order valence-corrected chi connectivity index (χ4v) is 10.4. The number of benzene rings is 10. The summed E-state index contributed by atoms with van der Waals surface area (Å²) in [5.41, 5.74) is 18.1. The van der Waals surface area contributed by atoms with Gasteiger partial charge in [-0.05, 0) is 89.0 Å². The van der Waals surface area contributed by atoms with Crippen LogP contribution in [0, 0.1) is 13.1 Å². The third kappa shape index (κ3) is 7.19. The van der Waals surface area contributed by atoms with Crippen LogP contribution in [-0.4, -0.2) is 19.1 Å². The normalized spacial score (nSPS) is 11.3. The van der Waals surface area contributed by atoms with Crippen LogP contribution in [0.15, 0.2) is 243 Å². The molecule has 0 aliphatic heterocycles. The van der Waals surface area contributed by atoms with Crippen LogP contribution in [0.5, 0.6) is 0 Å². The predicted molar refractivity (Wildman–Crippen MR) is 296 cm³/mol. The monoisotopic (exact) mass is 916 g/mol. The molecular weight excluding hydrogens is 877 g/mol. The first-order valence-corrected chi connectivity index (χ1v) is 23.9. The van der Waals surface area contributed by atoms with Gasteiger partial charge in [-0.15, -0.1) is 0 Å². The standard InChI is InChI=1S/C66H40N6/c1-67-50-23-15-21-45(37-50)47-32-35-63-56(39-47)57-40-48(46-22-16-24-51(38-46)68-2)33-36-64(57)72(63)65-41-49(59-42-58(43-17-5-3-6-18-43)69-66(70-59)44-19-7-4-8-20-44)31-34-55(65)54-27-11-14-30-62(54)71-60-28-12-9-25-52(60)53-26-10-13-29-61(53)71/h3-42H. The van der Waals surface area contributed by atoms with Crippen molar-refractivity contribution in [2.24, 2.45) is 0 Å². The van der Waals surface area contributed by atoms with Gasteiger partial charge in [0.2, 0.25) is 0 Å². The summed E-state index contributed by atoms with van der Waals surface area (Å²) in [6, 6.07) is 84.3. The number of rotatable bonds is 8. The van der Waals surface area contributed by atoms with Gasteiger partial charge < -0.3 is 9.13 Å². The minimum atomic E-state index is 0.593. The van der Waals surface area contributed by atoms with Crippen molar-refractivity contribution in [3.63, 3.8) is 0 Å². The van der Waals surface area contributed by atoms with Crippen molar-refractivity contribution in [3.05, 3.63) is 265 Å². The minimum Gasteiger partial charge on any atom is -0.309 e. The molecule has 0 unspecified atom stereocenters. The van der Waals surface area contributed by atoms with Gasteiger partial charge in [0.05, 0.1) is 58.0 Å². The summed E-state index contributed by atoms with van der Waals surface area (Å²) in [6.45, 7) is 15.6. The van der Waals surface area contributed by atoms with E-state index in [-0.39, 0.29) is 0 Å². The first-order chi connectivity index (χ1) is 35.6. The number of para-hydroxylation sites is 3. The smallest absolute Gasteiger partial charge is 0.187 e. The molecule has 0 atom stereocenters. The lowest BCUT2D eigenvalue weighted by atomic mass is 9.97. The van der Waals surface area contributed by atoms with E-state index >= 15 is 0 Å². The lowest BCUT2D eigenvalue weighted by Crippen LogP contribution is -2.02. The summed E-state index contributed by atoms with van der Waals surface area (Å²) in [5.74, 6) is 0.649. The molecule has 0 bridgehead atoms. The fraction of sp³-hybridized carbons (Fsp3) is 0. The molecule has 6 nitrogen and oxygen atoms in total. The summed E-state index contributed by atoms with van der Waals surface area (Å²) in [6.07, 6.45) is 0. The van der Waals surface area contributed by atoms with Crippen molar-refractivity contribution in [2.75, 3.05) is 0 Å². The highest BCUT2D eigenvalue weighted by molar-refractivity contribution is 6.13. The van der Waals surface area contributed by atoms with Crippen LogP contribution in [-0.2, 0) is 0 Å². The summed E-state index contributed by atoms with van der Waals surface area (Å²) in [4.78, 5) is 18.0. The van der Waals surface area contributed by atoms with E-state index < -0.39 is 0 Å². The Hall–Kier alpha value is -10.1. The minimum absolute atomic E-state index is 0.593. The largest absolute Gasteiger partial charge is 0.309 e. The second-order valence-corrected chi connectivity index (χ2v) is 17.9. The second kappa shape index (κ2) is 17.4. The Balaban J connectivity index is 1.12. The summed E-state index contributed by atoms with van der Waals surface area (Å²) < 4.78 is 4.81. The molecule has 0 spiro atoms. The zero-order valence-electron chi connectivity index (χ0n) is 38.8. The fourth-order valence-electron chi connectivity index (χ4n) is 10.4. The van der Waals surface area contributed by atoms with Crippen LogP contribution in [0.1, 0.15) is 0 Å². The lowest BCUT2D eigenvalue weighted by molar-refractivity contribution is 1.15. The average Bonchev–Trinajstić information content (AvgIpc) is 3.97. The van der Waals surface area contributed by atoms with Crippen molar-refractivity contribution >= 4 is 55.0 Å². The highest BCUT2D eigenvalue weighted by Gasteiger charge is 2.23. The van der Waals surface area contributed by atoms with Crippen LogP contribution < -0.4 is 0 Å². The van der Waals surface area contributed by atoms with Crippen LogP contribution in [0.25, 0.3) is 132 Å². The summed E-state index contributed by atoms with van der Waals surface area (Å²) in [7, 11) is 0. The lowest BCUT2D eigenvalue weighted by Gasteiger charge is -2.20. The molecule has 0 saturated carbocycles. The van der Waals surface area contributed by atoms with Crippen LogP contribution in [0.2, 0.25) is 0 Å². The molecule has 0 radical (unpaired) electrons. The summed E-state index contributed by atoms with van der Waals surface area (Å²) >= 11 is 0. The molecule has 334 valence electrons. The van der Waals surface area contributed by atoms with Gasteiger partial charge in [0.25, 0.3) is 0 Å². The van der Waals surface area contributed by atoms with Gasteiger partial charge in [-0.3, -0.25) is 0 Å². The molecule has 0 N–H and O–H groups in total. The third-order valence-electron chi connectivity index (χ3n) is 13.8. The van der Waals surface area contributed by atoms with E-state index in [1.54, 1.807) is 0 Å². The molecule has 0 fully saturated rings. The zero-order chi connectivity index (χ0) is 48.1. The number of nitrogens with zero attached hydrogens (tertiary/aromatic N) is 6. The zero-order valence-corrected chi connectivity index (χ0v) is 38.8. The maximum absolute atomic E-state index is 7.79. The van der Waals surface area contributed by atoms with Crippen molar-refractivity contribution in [2.45, 2.75) is 0 Å². The van der Waals surface area contributed by atoms with E-state index in [0.717, 1.165) is 106 Å². The molecule has 0 saturated heterocycles. The molecule has 72 heavy (non-hydrogen) atoms. The van der Waals surface area contributed by atoms with E-state index in [2.05, 4.69) is 189 Å². The average molecular weight is 917 g/mol. The van der Waals surface area contributed by atoms with Gasteiger partial charge in [0.1, 0.15) is 0 Å². The number of fused-ring (bicyclic) bond motifs is 6. The van der Waals surface area contributed by atoms with Crippen molar-refractivity contribution in [3.8, 4) is 78.7 Å². The number of hydrogen-bond acceptors (Lipinski definition) is 2. The quantitative estimate of drug-likeness (QED) is 0.143. The number of hydrogen-bond donors (Lipinski definition) is 0.